The van der Waals surface area contributed by atoms with E-state index >= 15 is 0 Å². The quantitative estimate of drug-likeness (QED) is 0.832. The van der Waals surface area contributed by atoms with Gasteiger partial charge in [0.2, 0.25) is 0 Å². The molecule has 1 aliphatic heterocycles. The lowest BCUT2D eigenvalue weighted by Crippen LogP contribution is -2.47. The Balaban J connectivity index is 2.21. The van der Waals surface area contributed by atoms with Gasteiger partial charge in [0.25, 0.3) is 0 Å². The van der Waals surface area contributed by atoms with Gasteiger partial charge >= 0.3 is 6.09 Å². The summed E-state index contributed by atoms with van der Waals surface area (Å²) in [6, 6.07) is 5.16. The Morgan fingerprint density at radius 2 is 1.76 bits per heavy atom. The van der Waals surface area contributed by atoms with E-state index in [-0.39, 0.29) is 6.09 Å². The Morgan fingerprint density at radius 1 is 1.20 bits per heavy atom. The maximum atomic E-state index is 12.2. The predicted octanol–water partition coefficient (Wildman–Crippen LogP) is 3.79. The molecule has 0 radical (unpaired) electrons. The molecule has 2 rings (SSSR count). The van der Waals surface area contributed by atoms with Gasteiger partial charge in [-0.1, -0.05) is 17.7 Å². The number of benzene rings is 1. The molecule has 0 aliphatic carbocycles. The van der Waals surface area contributed by atoms with Gasteiger partial charge in [0.05, 0.1) is 11.2 Å². The van der Waals surface area contributed by atoms with Crippen molar-refractivity contribution in [2.75, 3.05) is 13.1 Å². The van der Waals surface area contributed by atoms with Crippen LogP contribution in [0.25, 0.3) is 0 Å². The van der Waals surface area contributed by atoms with Crippen LogP contribution < -0.4 is 0 Å². The van der Waals surface area contributed by atoms with Crippen LogP contribution in [0.2, 0.25) is 5.02 Å². The molecule has 0 unspecified atom stereocenters. The van der Waals surface area contributed by atoms with Crippen LogP contribution >= 0.6 is 11.6 Å². The number of nitrogens with zero attached hydrogens (tertiary/aromatic N) is 1. The number of amides is 1. The van der Waals surface area contributed by atoms with Gasteiger partial charge in [0.15, 0.2) is 0 Å². The molecule has 0 saturated carbocycles. The maximum absolute atomic E-state index is 12.2. The van der Waals surface area contributed by atoms with Crippen molar-refractivity contribution in [3.05, 3.63) is 34.3 Å². The minimum absolute atomic E-state index is 0.357. The van der Waals surface area contributed by atoms with Crippen molar-refractivity contribution in [1.29, 1.82) is 0 Å². The fraction of sp³-hybridized carbons (Fsp3) is 0.632. The third kappa shape index (κ3) is 4.87. The van der Waals surface area contributed by atoms with Crippen molar-refractivity contribution in [3.63, 3.8) is 0 Å². The average molecular weight is 370 g/mol. The number of halogens is 1. The summed E-state index contributed by atoms with van der Waals surface area (Å²) in [5, 5.41) is 22.1. The fourth-order valence-corrected chi connectivity index (χ4v) is 3.26. The minimum Gasteiger partial charge on any atom is -0.444 e. The number of carbonyl (C=O) groups is 1. The van der Waals surface area contributed by atoms with E-state index in [1.807, 2.05) is 20.8 Å². The van der Waals surface area contributed by atoms with E-state index in [2.05, 4.69) is 0 Å². The summed E-state index contributed by atoms with van der Waals surface area (Å²) in [6.07, 6.45) is 0.342. The highest BCUT2D eigenvalue weighted by Crippen LogP contribution is 2.39. The smallest absolute Gasteiger partial charge is 0.410 e. The van der Waals surface area contributed by atoms with Crippen LogP contribution in [-0.2, 0) is 15.9 Å². The SMILES string of the molecule is CC(C)(C)OC(=O)N1CCC(O)(c2cc(Cl)ccc2C(C)(C)O)CC1. The van der Waals surface area contributed by atoms with E-state index in [1.165, 1.54) is 0 Å². The van der Waals surface area contributed by atoms with Crippen LogP contribution in [-0.4, -0.2) is 39.9 Å². The van der Waals surface area contributed by atoms with E-state index in [4.69, 9.17) is 16.3 Å². The number of rotatable bonds is 2. The molecular weight excluding hydrogens is 342 g/mol. The maximum Gasteiger partial charge on any atom is 0.410 e. The molecule has 1 amide bonds. The molecule has 140 valence electrons. The van der Waals surface area contributed by atoms with Crippen molar-refractivity contribution < 1.29 is 19.7 Å². The molecule has 1 aromatic rings. The lowest BCUT2D eigenvalue weighted by molar-refractivity contribution is -0.0390. The Labute approximate surface area is 154 Å². The monoisotopic (exact) mass is 369 g/mol. The van der Waals surface area contributed by atoms with E-state index < -0.39 is 16.8 Å². The van der Waals surface area contributed by atoms with Crippen LogP contribution in [0.3, 0.4) is 0 Å². The zero-order valence-corrected chi connectivity index (χ0v) is 16.4. The molecule has 0 atom stereocenters. The van der Waals surface area contributed by atoms with Crippen molar-refractivity contribution in [2.45, 2.75) is 64.3 Å². The van der Waals surface area contributed by atoms with Crippen molar-refractivity contribution >= 4 is 17.7 Å². The van der Waals surface area contributed by atoms with E-state index in [0.717, 1.165) is 0 Å². The highest BCUT2D eigenvalue weighted by atomic mass is 35.5. The second-order valence-corrected chi connectivity index (χ2v) is 8.68. The zero-order valence-electron chi connectivity index (χ0n) is 15.6. The molecule has 0 spiro atoms. The van der Waals surface area contributed by atoms with Gasteiger partial charge in [-0.05, 0) is 70.7 Å². The second-order valence-electron chi connectivity index (χ2n) is 8.25. The summed E-state index contributed by atoms with van der Waals surface area (Å²) in [5.41, 5.74) is -1.52. The largest absolute Gasteiger partial charge is 0.444 e. The van der Waals surface area contributed by atoms with Crippen LogP contribution in [0.4, 0.5) is 4.79 Å². The Kier molecular flexibility index (Phi) is 5.43. The predicted molar refractivity (Wildman–Crippen MR) is 97.6 cm³/mol. The van der Waals surface area contributed by atoms with Gasteiger partial charge in [-0.25, -0.2) is 4.79 Å². The van der Waals surface area contributed by atoms with Gasteiger partial charge in [0, 0.05) is 18.1 Å². The Hall–Kier alpha value is -1.30. The molecule has 1 aromatic carbocycles. The van der Waals surface area contributed by atoms with Crippen LogP contribution in [0.1, 0.15) is 58.6 Å². The molecule has 25 heavy (non-hydrogen) atoms. The van der Waals surface area contributed by atoms with Gasteiger partial charge in [0.1, 0.15) is 5.60 Å². The lowest BCUT2D eigenvalue weighted by atomic mass is 9.78. The molecule has 2 N–H and O–H groups in total. The highest BCUT2D eigenvalue weighted by Gasteiger charge is 2.40. The van der Waals surface area contributed by atoms with Gasteiger partial charge < -0.3 is 19.8 Å². The summed E-state index contributed by atoms with van der Waals surface area (Å²) >= 11 is 6.12. The van der Waals surface area contributed by atoms with Gasteiger partial charge in [-0.2, -0.15) is 0 Å². The topological polar surface area (TPSA) is 70.0 Å². The number of likely N-dealkylation sites (tertiary alicyclic amines) is 1. The first-order valence-corrected chi connectivity index (χ1v) is 8.93. The molecule has 0 bridgehead atoms. The first kappa shape index (κ1) is 20.0. The third-order valence-corrected chi connectivity index (χ3v) is 4.62. The van der Waals surface area contributed by atoms with E-state index in [9.17, 15) is 15.0 Å². The summed E-state index contributed by atoms with van der Waals surface area (Å²) in [7, 11) is 0. The minimum atomic E-state index is -1.14. The number of aliphatic hydroxyl groups is 2. The first-order valence-electron chi connectivity index (χ1n) is 8.55. The van der Waals surface area contributed by atoms with E-state index in [1.54, 1.807) is 36.9 Å². The van der Waals surface area contributed by atoms with Crippen LogP contribution in [0.5, 0.6) is 0 Å². The van der Waals surface area contributed by atoms with Crippen LogP contribution in [0, 0.1) is 0 Å². The standard InChI is InChI=1S/C19H28ClNO4/c1-17(2,3)25-16(22)21-10-8-19(24,9-11-21)15-12-13(20)6-7-14(15)18(4,5)23/h6-7,12,23-24H,8-11H2,1-5H3. The van der Waals surface area contributed by atoms with Crippen molar-refractivity contribution in [1.82, 2.24) is 4.90 Å². The Bertz CT molecular complexity index is 638. The van der Waals surface area contributed by atoms with E-state index in [0.29, 0.717) is 42.1 Å². The molecule has 5 nitrogen and oxygen atoms in total. The highest BCUT2D eigenvalue weighted by molar-refractivity contribution is 6.30. The average Bonchev–Trinajstić information content (AvgIpc) is 2.44. The molecule has 1 aliphatic rings. The number of hydrogen-bond donors (Lipinski definition) is 2. The first-order chi connectivity index (χ1) is 11.3. The van der Waals surface area contributed by atoms with Crippen molar-refractivity contribution in [2.24, 2.45) is 0 Å². The molecule has 1 fully saturated rings. The normalized spacial score (nSPS) is 18.2. The molecule has 0 aromatic heterocycles. The summed E-state index contributed by atoms with van der Waals surface area (Å²) in [5.74, 6) is 0. The molecule has 1 heterocycles. The molecular formula is C19H28ClNO4. The second kappa shape index (κ2) is 6.78. The summed E-state index contributed by atoms with van der Waals surface area (Å²) in [4.78, 5) is 13.8. The summed E-state index contributed by atoms with van der Waals surface area (Å²) in [6.45, 7) is 9.59. The molecule has 6 heteroatoms. The number of ether oxygens (including phenoxy) is 1. The Morgan fingerprint density at radius 3 is 2.24 bits per heavy atom. The van der Waals surface area contributed by atoms with Gasteiger partial charge in [-0.15, -0.1) is 0 Å². The van der Waals surface area contributed by atoms with Crippen molar-refractivity contribution in [3.8, 4) is 0 Å². The fourth-order valence-electron chi connectivity index (χ4n) is 3.09. The number of piperidine rings is 1. The van der Waals surface area contributed by atoms with Gasteiger partial charge in [-0.3, -0.25) is 0 Å². The molecule has 1 saturated heterocycles. The van der Waals surface area contributed by atoms with Crippen LogP contribution in [0.15, 0.2) is 18.2 Å². The number of hydrogen-bond acceptors (Lipinski definition) is 4. The summed E-state index contributed by atoms with van der Waals surface area (Å²) < 4.78 is 5.39. The zero-order chi connectivity index (χ0) is 19.0. The lowest BCUT2D eigenvalue weighted by Gasteiger charge is -2.40. The number of carbonyl (C=O) groups excluding carboxylic acids is 1. The third-order valence-electron chi connectivity index (χ3n) is 4.38.